The lowest BCUT2D eigenvalue weighted by molar-refractivity contribution is 1.18. The number of rotatable bonds is 14. The fourth-order valence-corrected chi connectivity index (χ4v) is 12.6. The van der Waals surface area contributed by atoms with Crippen LogP contribution in [-0.2, 0) is 0 Å². The summed E-state index contributed by atoms with van der Waals surface area (Å²) in [4.78, 5) is 4.75. The Morgan fingerprint density at radius 2 is 0.506 bits per heavy atom. The number of hydrogen-bond acceptors (Lipinski definition) is 2. The van der Waals surface area contributed by atoms with Crippen molar-refractivity contribution in [3.8, 4) is 83.6 Å². The van der Waals surface area contributed by atoms with Gasteiger partial charge in [-0.25, -0.2) is 0 Å². The minimum Gasteiger partial charge on any atom is -0.311 e. The van der Waals surface area contributed by atoms with Crippen molar-refractivity contribution >= 4 is 55.9 Å². The molecule has 1 heterocycles. The van der Waals surface area contributed by atoms with Crippen LogP contribution in [-0.4, -0.2) is 4.57 Å². The van der Waals surface area contributed by atoms with Gasteiger partial charge in [-0.05, 0) is 181 Å². The third-order valence-corrected chi connectivity index (χ3v) is 16.8. The highest BCUT2D eigenvalue weighted by Crippen LogP contribution is 2.46. The zero-order valence-corrected chi connectivity index (χ0v) is 47.9. The number of aromatic nitrogens is 1. The van der Waals surface area contributed by atoms with Crippen molar-refractivity contribution in [2.45, 2.75) is 0 Å². The van der Waals surface area contributed by atoms with Crippen molar-refractivity contribution in [2.24, 2.45) is 0 Å². The van der Waals surface area contributed by atoms with Crippen LogP contribution < -0.4 is 9.80 Å². The molecule has 0 saturated heterocycles. The summed E-state index contributed by atoms with van der Waals surface area (Å²) >= 11 is 0. The number of benzene rings is 14. The van der Waals surface area contributed by atoms with E-state index in [1.165, 1.54) is 60.8 Å². The molecule has 0 radical (unpaired) electrons. The average Bonchev–Trinajstić information content (AvgIpc) is 2.05. The van der Waals surface area contributed by atoms with E-state index < -0.39 is 0 Å². The number of anilines is 6. The Morgan fingerprint density at radius 1 is 0.184 bits per heavy atom. The molecule has 0 spiro atoms. The fourth-order valence-electron chi connectivity index (χ4n) is 12.6. The predicted octanol–water partition coefficient (Wildman–Crippen LogP) is 23.4. The predicted molar refractivity (Wildman–Crippen MR) is 368 cm³/mol. The topological polar surface area (TPSA) is 11.4 Å². The van der Waals surface area contributed by atoms with Crippen LogP contribution in [0.1, 0.15) is 0 Å². The van der Waals surface area contributed by atoms with E-state index >= 15 is 0 Å². The van der Waals surface area contributed by atoms with Crippen LogP contribution in [0.15, 0.2) is 358 Å². The highest BCUT2D eigenvalue weighted by Gasteiger charge is 2.22. The molecule has 3 heteroatoms. The minimum atomic E-state index is 1.06. The summed E-state index contributed by atoms with van der Waals surface area (Å²) in [6.45, 7) is 0. The van der Waals surface area contributed by atoms with Gasteiger partial charge in [-0.15, -0.1) is 0 Å². The van der Waals surface area contributed by atoms with Crippen molar-refractivity contribution in [1.29, 1.82) is 0 Å². The summed E-state index contributed by atoms with van der Waals surface area (Å²) in [6, 6.07) is 130. The molecule has 0 aliphatic heterocycles. The Labute approximate surface area is 508 Å². The van der Waals surface area contributed by atoms with Gasteiger partial charge in [-0.2, -0.15) is 0 Å². The molecule has 15 rings (SSSR count). The Bertz CT molecular complexity index is 4660. The Hall–Kier alpha value is -11.5. The summed E-state index contributed by atoms with van der Waals surface area (Å²) in [5.74, 6) is 0. The molecule has 0 amide bonds. The van der Waals surface area contributed by atoms with Crippen molar-refractivity contribution in [3.63, 3.8) is 0 Å². The molecule has 0 aliphatic carbocycles. The van der Waals surface area contributed by atoms with Gasteiger partial charge >= 0.3 is 0 Å². The van der Waals surface area contributed by atoms with Gasteiger partial charge in [0.25, 0.3) is 0 Å². The van der Waals surface area contributed by atoms with E-state index in [1.54, 1.807) is 0 Å². The van der Waals surface area contributed by atoms with E-state index in [0.29, 0.717) is 0 Å². The second-order valence-electron chi connectivity index (χ2n) is 22.1. The number of hydrogen-bond donors (Lipinski definition) is 0. The maximum absolute atomic E-state index is 2.42. The van der Waals surface area contributed by atoms with Crippen LogP contribution >= 0.6 is 0 Å². The van der Waals surface area contributed by atoms with E-state index in [0.717, 1.165) is 78.7 Å². The number of fused-ring (bicyclic) bond motifs is 3. The van der Waals surface area contributed by atoms with Crippen LogP contribution in [0.5, 0.6) is 0 Å². The average molecular weight is 1110 g/mol. The molecule has 3 nitrogen and oxygen atoms in total. The summed E-state index contributed by atoms with van der Waals surface area (Å²) in [5.41, 5.74) is 26.2. The van der Waals surface area contributed by atoms with Gasteiger partial charge in [0.1, 0.15) is 0 Å². The van der Waals surface area contributed by atoms with E-state index in [1.807, 2.05) is 0 Å². The molecule has 0 unspecified atom stereocenters. The van der Waals surface area contributed by atoms with Crippen LogP contribution in [0.2, 0.25) is 0 Å². The molecular formula is C84H59N3. The number of nitrogens with zero attached hydrogens (tertiary/aromatic N) is 3. The van der Waals surface area contributed by atoms with Gasteiger partial charge in [-0.3, -0.25) is 0 Å². The molecule has 87 heavy (non-hydrogen) atoms. The van der Waals surface area contributed by atoms with Crippen LogP contribution in [0.4, 0.5) is 34.1 Å². The Kier molecular flexibility index (Phi) is 14.0. The summed E-state index contributed by atoms with van der Waals surface area (Å²) in [7, 11) is 0. The molecule has 0 aliphatic rings. The highest BCUT2D eigenvalue weighted by atomic mass is 15.1. The maximum atomic E-state index is 2.42. The molecule has 15 aromatic rings. The highest BCUT2D eigenvalue weighted by molar-refractivity contribution is 6.11. The van der Waals surface area contributed by atoms with E-state index in [-0.39, 0.29) is 0 Å². The fraction of sp³-hybridized carbons (Fsp3) is 0. The molecule has 0 N–H and O–H groups in total. The van der Waals surface area contributed by atoms with Gasteiger partial charge in [0.05, 0.1) is 11.0 Å². The third kappa shape index (κ3) is 10.3. The Balaban J connectivity index is 0.880. The first kappa shape index (κ1) is 52.3. The van der Waals surface area contributed by atoms with Crippen molar-refractivity contribution in [2.75, 3.05) is 9.80 Å². The first-order valence-electron chi connectivity index (χ1n) is 29.8. The first-order chi connectivity index (χ1) is 43.1. The molecule has 14 aromatic carbocycles. The van der Waals surface area contributed by atoms with E-state index in [2.05, 4.69) is 372 Å². The lowest BCUT2D eigenvalue weighted by atomic mass is 9.87. The molecule has 410 valence electrons. The molecular weight excluding hydrogens is 1050 g/mol. The second-order valence-corrected chi connectivity index (χ2v) is 22.1. The lowest BCUT2D eigenvalue weighted by Crippen LogP contribution is -2.10. The smallest absolute Gasteiger partial charge is 0.0541 e. The van der Waals surface area contributed by atoms with E-state index in [9.17, 15) is 0 Å². The normalized spacial score (nSPS) is 11.2. The summed E-state index contributed by atoms with van der Waals surface area (Å²) in [6.07, 6.45) is 0. The largest absolute Gasteiger partial charge is 0.311 e. The summed E-state index contributed by atoms with van der Waals surface area (Å²) in [5, 5.41) is 2.41. The monoisotopic (exact) mass is 1110 g/mol. The second kappa shape index (κ2) is 23.3. The standard InChI is InChI=1S/C84H59N3/c1-6-20-60(21-7-1)64-36-47-72(48-37-64)85(73-49-38-65(39-50-73)61-22-8-2-9-23-61)74-55-44-68(45-56-74)78-33-19-34-79(84(78)70-46-57-83-81(59-70)80-32-16-17-35-82(80)87(83)71-29-14-5-15-30-71)69-28-18-31-77(58-69)86(75-51-40-66(41-52-75)62-24-10-3-11-25-62)76-53-42-67(43-54-76)63-26-12-4-13-27-63/h1-59H. The minimum absolute atomic E-state index is 1.06. The zero-order chi connectivity index (χ0) is 57.9. The van der Waals surface area contributed by atoms with Gasteiger partial charge < -0.3 is 14.4 Å². The van der Waals surface area contributed by atoms with Gasteiger partial charge in [0.2, 0.25) is 0 Å². The molecule has 0 fully saturated rings. The van der Waals surface area contributed by atoms with Crippen molar-refractivity contribution in [1.82, 2.24) is 4.57 Å². The first-order valence-corrected chi connectivity index (χ1v) is 29.8. The number of para-hydroxylation sites is 2. The van der Waals surface area contributed by atoms with Crippen molar-refractivity contribution < 1.29 is 0 Å². The summed E-state index contributed by atoms with van der Waals surface area (Å²) < 4.78 is 2.40. The van der Waals surface area contributed by atoms with Crippen LogP contribution in [0, 0.1) is 0 Å². The third-order valence-electron chi connectivity index (χ3n) is 16.8. The zero-order valence-electron chi connectivity index (χ0n) is 47.9. The maximum Gasteiger partial charge on any atom is 0.0541 e. The van der Waals surface area contributed by atoms with Gasteiger partial charge in [0, 0.05) is 50.6 Å². The van der Waals surface area contributed by atoms with Crippen LogP contribution in [0.25, 0.3) is 105 Å². The van der Waals surface area contributed by atoms with E-state index in [4.69, 9.17) is 0 Å². The van der Waals surface area contributed by atoms with Gasteiger partial charge in [-0.1, -0.05) is 255 Å². The van der Waals surface area contributed by atoms with Crippen LogP contribution in [0.3, 0.4) is 0 Å². The molecule has 1 aromatic heterocycles. The van der Waals surface area contributed by atoms with Crippen molar-refractivity contribution in [3.05, 3.63) is 358 Å². The molecule has 0 saturated carbocycles. The SMILES string of the molecule is c1ccc(-c2ccc(N(c3ccc(-c4ccccc4)cc3)c3ccc(-c4cccc(-c5cccc(N(c6ccc(-c7ccccc7)cc6)c6ccc(-c7ccccc7)cc6)c5)c4-c4ccc5c(c4)c4ccccc4n5-c4ccccc4)cc3)cc2)cc1. The van der Waals surface area contributed by atoms with Gasteiger partial charge in [0.15, 0.2) is 0 Å². The molecule has 0 atom stereocenters. The lowest BCUT2D eigenvalue weighted by Gasteiger charge is -2.27. The molecule has 0 bridgehead atoms. The quantitative estimate of drug-likeness (QED) is 0.108. The Morgan fingerprint density at radius 3 is 0.954 bits per heavy atom.